The molecule has 2 nitrogen and oxygen atoms in total. The lowest BCUT2D eigenvalue weighted by molar-refractivity contribution is 0.411. The summed E-state index contributed by atoms with van der Waals surface area (Å²) < 4.78 is 5.28. The number of aryl methyl sites for hydroxylation is 2. The number of nitrogens with one attached hydrogen (secondary N) is 1. The highest BCUT2D eigenvalue weighted by atomic mass is 16.5. The molecule has 1 rings (SSSR count). The Balaban J connectivity index is 2.21. The van der Waals surface area contributed by atoms with Crippen LogP contribution in [0.1, 0.15) is 51.2 Å². The molecule has 0 atom stereocenters. The van der Waals surface area contributed by atoms with Crippen LogP contribution in [0, 0.1) is 6.92 Å². The highest BCUT2D eigenvalue weighted by molar-refractivity contribution is 5.36. The van der Waals surface area contributed by atoms with Gasteiger partial charge in [-0.3, -0.25) is 0 Å². The lowest BCUT2D eigenvalue weighted by Crippen LogP contribution is -2.36. The minimum atomic E-state index is 0.243. The van der Waals surface area contributed by atoms with E-state index in [9.17, 15) is 0 Å². The van der Waals surface area contributed by atoms with Gasteiger partial charge in [0, 0.05) is 5.54 Å². The van der Waals surface area contributed by atoms with Gasteiger partial charge in [0.1, 0.15) is 5.75 Å². The van der Waals surface area contributed by atoms with Gasteiger partial charge in [0.2, 0.25) is 0 Å². The second-order valence-electron chi connectivity index (χ2n) is 6.29. The number of rotatable bonds is 7. The summed E-state index contributed by atoms with van der Waals surface area (Å²) in [4.78, 5) is 0. The zero-order chi connectivity index (χ0) is 14.3. The fourth-order valence-corrected chi connectivity index (χ4v) is 2.19. The van der Waals surface area contributed by atoms with Crippen molar-refractivity contribution in [1.29, 1.82) is 0 Å². The molecule has 0 spiro atoms. The molecule has 0 fully saturated rings. The minimum absolute atomic E-state index is 0.243. The van der Waals surface area contributed by atoms with E-state index in [0.29, 0.717) is 0 Å². The van der Waals surface area contributed by atoms with Gasteiger partial charge in [0.25, 0.3) is 0 Å². The molecule has 0 radical (unpaired) electrons. The standard InChI is InChI=1S/C17H29NO/c1-14-13-15(10-11-16(14)19-5)9-7-6-8-12-18-17(2,3)4/h10-11,13,18H,6-9,12H2,1-5H3. The molecule has 0 aromatic heterocycles. The molecule has 0 unspecified atom stereocenters. The van der Waals surface area contributed by atoms with Crippen LogP contribution in [-0.4, -0.2) is 19.2 Å². The van der Waals surface area contributed by atoms with E-state index in [1.807, 2.05) is 0 Å². The van der Waals surface area contributed by atoms with Crippen molar-refractivity contribution in [3.8, 4) is 5.75 Å². The Morgan fingerprint density at radius 3 is 2.42 bits per heavy atom. The first kappa shape index (κ1) is 16.0. The highest BCUT2D eigenvalue weighted by Gasteiger charge is 2.07. The highest BCUT2D eigenvalue weighted by Crippen LogP contribution is 2.19. The van der Waals surface area contributed by atoms with Crippen LogP contribution in [0.5, 0.6) is 5.75 Å². The van der Waals surface area contributed by atoms with Gasteiger partial charge in [-0.2, -0.15) is 0 Å². The van der Waals surface area contributed by atoms with Gasteiger partial charge in [0.05, 0.1) is 7.11 Å². The quantitative estimate of drug-likeness (QED) is 0.748. The third-order valence-corrected chi connectivity index (χ3v) is 3.26. The Labute approximate surface area is 118 Å². The van der Waals surface area contributed by atoms with E-state index >= 15 is 0 Å². The van der Waals surface area contributed by atoms with Crippen LogP contribution in [0.25, 0.3) is 0 Å². The maximum absolute atomic E-state index is 5.28. The van der Waals surface area contributed by atoms with Crippen molar-refractivity contribution < 1.29 is 4.74 Å². The fraction of sp³-hybridized carbons (Fsp3) is 0.647. The van der Waals surface area contributed by atoms with Crippen molar-refractivity contribution >= 4 is 0 Å². The molecule has 2 heteroatoms. The third kappa shape index (κ3) is 6.63. The maximum Gasteiger partial charge on any atom is 0.121 e. The Morgan fingerprint density at radius 2 is 1.84 bits per heavy atom. The molecule has 0 aliphatic heterocycles. The summed E-state index contributed by atoms with van der Waals surface area (Å²) in [5, 5.41) is 3.53. The molecular weight excluding hydrogens is 234 g/mol. The average molecular weight is 263 g/mol. The Kier molecular flexibility index (Phi) is 6.36. The first-order valence-corrected chi connectivity index (χ1v) is 7.31. The molecular formula is C17H29NO. The lowest BCUT2D eigenvalue weighted by atomic mass is 10.0. The minimum Gasteiger partial charge on any atom is -0.496 e. The zero-order valence-electron chi connectivity index (χ0n) is 13.2. The van der Waals surface area contributed by atoms with Gasteiger partial charge in [-0.1, -0.05) is 18.6 Å². The molecule has 0 aliphatic carbocycles. The average Bonchev–Trinajstić information content (AvgIpc) is 2.32. The van der Waals surface area contributed by atoms with E-state index in [0.717, 1.165) is 12.3 Å². The van der Waals surface area contributed by atoms with Crippen molar-refractivity contribution in [2.75, 3.05) is 13.7 Å². The number of benzene rings is 1. The zero-order valence-corrected chi connectivity index (χ0v) is 13.2. The molecule has 1 N–H and O–H groups in total. The van der Waals surface area contributed by atoms with E-state index in [-0.39, 0.29) is 5.54 Å². The van der Waals surface area contributed by atoms with E-state index in [2.05, 4.69) is 51.2 Å². The second-order valence-corrected chi connectivity index (χ2v) is 6.29. The smallest absolute Gasteiger partial charge is 0.121 e. The van der Waals surface area contributed by atoms with Crippen molar-refractivity contribution in [3.63, 3.8) is 0 Å². The molecule has 108 valence electrons. The molecule has 1 aromatic carbocycles. The Morgan fingerprint density at radius 1 is 1.11 bits per heavy atom. The van der Waals surface area contributed by atoms with Crippen LogP contribution in [-0.2, 0) is 6.42 Å². The van der Waals surface area contributed by atoms with Gasteiger partial charge in [-0.15, -0.1) is 0 Å². The second kappa shape index (κ2) is 7.54. The first-order valence-electron chi connectivity index (χ1n) is 7.31. The van der Waals surface area contributed by atoms with Gasteiger partial charge in [-0.25, -0.2) is 0 Å². The number of hydrogen-bond acceptors (Lipinski definition) is 2. The molecule has 0 bridgehead atoms. The number of hydrogen-bond donors (Lipinski definition) is 1. The van der Waals surface area contributed by atoms with E-state index < -0.39 is 0 Å². The van der Waals surface area contributed by atoms with Crippen molar-refractivity contribution in [2.24, 2.45) is 0 Å². The van der Waals surface area contributed by atoms with Gasteiger partial charge in [0.15, 0.2) is 0 Å². The van der Waals surface area contributed by atoms with Crippen molar-refractivity contribution in [2.45, 2.75) is 58.9 Å². The third-order valence-electron chi connectivity index (χ3n) is 3.26. The lowest BCUT2D eigenvalue weighted by Gasteiger charge is -2.20. The molecule has 0 amide bonds. The van der Waals surface area contributed by atoms with Crippen molar-refractivity contribution in [3.05, 3.63) is 29.3 Å². The predicted molar refractivity (Wildman–Crippen MR) is 83.0 cm³/mol. The van der Waals surface area contributed by atoms with Crippen LogP contribution in [0.15, 0.2) is 18.2 Å². The van der Waals surface area contributed by atoms with E-state index in [1.54, 1.807) is 7.11 Å². The Hall–Kier alpha value is -1.02. The fourth-order valence-electron chi connectivity index (χ4n) is 2.19. The molecule has 0 saturated carbocycles. The number of unbranched alkanes of at least 4 members (excludes halogenated alkanes) is 2. The first-order chi connectivity index (χ1) is 8.92. The van der Waals surface area contributed by atoms with E-state index in [1.165, 1.54) is 36.8 Å². The van der Waals surface area contributed by atoms with Crippen LogP contribution in [0.2, 0.25) is 0 Å². The maximum atomic E-state index is 5.28. The van der Waals surface area contributed by atoms with Crippen LogP contribution in [0.4, 0.5) is 0 Å². The monoisotopic (exact) mass is 263 g/mol. The summed E-state index contributed by atoms with van der Waals surface area (Å²) in [5.74, 6) is 0.984. The summed E-state index contributed by atoms with van der Waals surface area (Å²) in [6, 6.07) is 6.50. The van der Waals surface area contributed by atoms with Gasteiger partial charge in [-0.05, 0) is 70.7 Å². The number of ether oxygens (including phenoxy) is 1. The normalized spacial score (nSPS) is 11.6. The van der Waals surface area contributed by atoms with Gasteiger partial charge < -0.3 is 10.1 Å². The molecule has 0 heterocycles. The summed E-state index contributed by atoms with van der Waals surface area (Å²) in [7, 11) is 1.73. The summed E-state index contributed by atoms with van der Waals surface area (Å²) in [5.41, 5.74) is 2.89. The predicted octanol–water partition coefficient (Wildman–Crippen LogP) is 4.10. The summed E-state index contributed by atoms with van der Waals surface area (Å²) in [6.45, 7) is 9.87. The summed E-state index contributed by atoms with van der Waals surface area (Å²) >= 11 is 0. The SMILES string of the molecule is COc1ccc(CCCCCNC(C)(C)C)cc1C. The van der Waals surface area contributed by atoms with Gasteiger partial charge >= 0.3 is 0 Å². The van der Waals surface area contributed by atoms with Crippen LogP contribution in [0.3, 0.4) is 0 Å². The Bertz CT molecular complexity index is 379. The van der Waals surface area contributed by atoms with Crippen LogP contribution < -0.4 is 10.1 Å². The largest absolute Gasteiger partial charge is 0.496 e. The van der Waals surface area contributed by atoms with Crippen molar-refractivity contribution in [1.82, 2.24) is 5.32 Å². The van der Waals surface area contributed by atoms with Crippen LogP contribution >= 0.6 is 0 Å². The van der Waals surface area contributed by atoms with E-state index in [4.69, 9.17) is 4.74 Å². The molecule has 19 heavy (non-hydrogen) atoms. The summed E-state index contributed by atoms with van der Waals surface area (Å²) in [6.07, 6.45) is 4.97. The molecule has 1 aromatic rings. The molecule has 0 aliphatic rings. The number of methoxy groups -OCH3 is 1. The topological polar surface area (TPSA) is 21.3 Å². The molecule has 0 saturated heterocycles.